The minimum Gasteiger partial charge on any atom is -0.327 e. The molecule has 2 aromatic rings. The number of imidazole rings is 1. The molecule has 8 heteroatoms. The summed E-state index contributed by atoms with van der Waals surface area (Å²) in [6, 6.07) is 2.79. The summed E-state index contributed by atoms with van der Waals surface area (Å²) in [7, 11) is -2.95. The van der Waals surface area contributed by atoms with Crippen LogP contribution in [0.4, 0.5) is 4.39 Å². The van der Waals surface area contributed by atoms with E-state index in [1.165, 1.54) is 12.1 Å². The summed E-state index contributed by atoms with van der Waals surface area (Å²) in [5.41, 5.74) is 1.16. The monoisotopic (exact) mass is 350 g/mol. The second-order valence-electron chi connectivity index (χ2n) is 5.30. The molecule has 0 bridgehead atoms. The first-order chi connectivity index (χ1) is 9.89. The van der Waals surface area contributed by atoms with E-state index in [1.54, 1.807) is 4.57 Å². The second kappa shape index (κ2) is 5.41. The smallest absolute Gasteiger partial charge is 0.150 e. The predicted octanol–water partition coefficient (Wildman–Crippen LogP) is 3.00. The van der Waals surface area contributed by atoms with Gasteiger partial charge in [0.2, 0.25) is 0 Å². The molecular formula is C13H13Cl2FN2O2S. The minimum absolute atomic E-state index is 0.00751. The van der Waals surface area contributed by atoms with Gasteiger partial charge in [0.15, 0.2) is 9.84 Å². The number of aromatic nitrogens is 2. The van der Waals surface area contributed by atoms with Crippen LogP contribution in [0.5, 0.6) is 0 Å². The van der Waals surface area contributed by atoms with E-state index in [2.05, 4.69) is 4.98 Å². The number of alkyl halides is 1. The van der Waals surface area contributed by atoms with Crippen molar-refractivity contribution in [2.24, 2.45) is 5.92 Å². The van der Waals surface area contributed by atoms with Gasteiger partial charge in [-0.3, -0.25) is 0 Å². The number of hydrogen-bond donors (Lipinski definition) is 0. The van der Waals surface area contributed by atoms with Crippen LogP contribution < -0.4 is 0 Å². The maximum Gasteiger partial charge on any atom is 0.150 e. The fourth-order valence-electron chi connectivity index (χ4n) is 2.75. The number of fused-ring (bicyclic) bond motifs is 1. The fourth-order valence-corrected chi connectivity index (χ4v) is 4.96. The number of hydrogen-bond acceptors (Lipinski definition) is 3. The molecule has 0 radical (unpaired) electrons. The van der Waals surface area contributed by atoms with Crippen LogP contribution in [0, 0.1) is 11.7 Å². The molecule has 1 atom stereocenters. The molecule has 2 heterocycles. The normalized spacial score (nSPS) is 21.2. The standard InChI is InChI=1S/C13H13Cl2FN2O2S/c14-5-13-17-11-3-9(15)10(16)4-12(11)18(13)6-8-1-2-21(19,20)7-8/h3-4,8H,1-2,5-7H2. The molecule has 0 amide bonds. The van der Waals surface area contributed by atoms with Crippen molar-refractivity contribution in [2.45, 2.75) is 18.8 Å². The van der Waals surface area contributed by atoms with Gasteiger partial charge in [-0.2, -0.15) is 0 Å². The zero-order valence-electron chi connectivity index (χ0n) is 11.0. The number of sulfone groups is 1. The predicted molar refractivity (Wildman–Crippen MR) is 81.0 cm³/mol. The lowest BCUT2D eigenvalue weighted by molar-refractivity contribution is 0.490. The van der Waals surface area contributed by atoms with E-state index in [0.29, 0.717) is 29.8 Å². The van der Waals surface area contributed by atoms with Crippen molar-refractivity contribution in [2.75, 3.05) is 11.5 Å². The van der Waals surface area contributed by atoms with Crippen LogP contribution in [0.1, 0.15) is 12.2 Å². The molecule has 1 unspecified atom stereocenters. The van der Waals surface area contributed by atoms with E-state index in [9.17, 15) is 12.8 Å². The highest BCUT2D eigenvalue weighted by molar-refractivity contribution is 7.91. The molecule has 114 valence electrons. The highest BCUT2D eigenvalue weighted by Crippen LogP contribution is 2.27. The van der Waals surface area contributed by atoms with E-state index >= 15 is 0 Å². The molecule has 1 fully saturated rings. The first-order valence-corrected chi connectivity index (χ1v) is 9.23. The number of halogens is 3. The van der Waals surface area contributed by atoms with Crippen molar-refractivity contribution < 1.29 is 12.8 Å². The summed E-state index contributed by atoms with van der Waals surface area (Å²) in [5.74, 6) is 0.620. The molecule has 3 rings (SSSR count). The van der Waals surface area contributed by atoms with Crippen molar-refractivity contribution >= 4 is 44.1 Å². The Hall–Kier alpha value is -0.850. The van der Waals surface area contributed by atoms with E-state index in [0.717, 1.165) is 0 Å². The van der Waals surface area contributed by atoms with E-state index < -0.39 is 15.7 Å². The average Bonchev–Trinajstić information content (AvgIpc) is 2.92. The van der Waals surface area contributed by atoms with E-state index in [1.807, 2.05) is 0 Å². The van der Waals surface area contributed by atoms with Gasteiger partial charge in [-0.25, -0.2) is 17.8 Å². The lowest BCUT2D eigenvalue weighted by Crippen LogP contribution is -2.14. The quantitative estimate of drug-likeness (QED) is 0.799. The molecule has 0 saturated carbocycles. The summed E-state index contributed by atoms with van der Waals surface area (Å²) in [6.45, 7) is 0.471. The van der Waals surface area contributed by atoms with Crippen molar-refractivity contribution in [1.29, 1.82) is 0 Å². The van der Waals surface area contributed by atoms with Crippen LogP contribution in [0.15, 0.2) is 12.1 Å². The number of nitrogens with zero attached hydrogens (tertiary/aromatic N) is 2. The maximum absolute atomic E-state index is 13.7. The van der Waals surface area contributed by atoms with Crippen molar-refractivity contribution in [3.05, 3.63) is 28.8 Å². The summed E-state index contributed by atoms with van der Waals surface area (Å²) in [6.07, 6.45) is 0.611. The Kier molecular flexibility index (Phi) is 3.88. The lowest BCUT2D eigenvalue weighted by Gasteiger charge is -2.12. The summed E-state index contributed by atoms with van der Waals surface area (Å²) >= 11 is 11.7. The molecule has 1 aliphatic heterocycles. The van der Waals surface area contributed by atoms with Crippen LogP contribution in [0.25, 0.3) is 11.0 Å². The van der Waals surface area contributed by atoms with Crippen LogP contribution in [-0.4, -0.2) is 29.5 Å². The Balaban J connectivity index is 2.02. The van der Waals surface area contributed by atoms with Gasteiger partial charge in [0.05, 0.1) is 33.4 Å². The second-order valence-corrected chi connectivity index (χ2v) is 8.20. The molecule has 0 aliphatic carbocycles. The first kappa shape index (κ1) is 15.1. The van der Waals surface area contributed by atoms with Crippen molar-refractivity contribution in [3.8, 4) is 0 Å². The molecule has 0 spiro atoms. The average molecular weight is 351 g/mol. The Morgan fingerprint density at radius 2 is 2.19 bits per heavy atom. The topological polar surface area (TPSA) is 52.0 Å². The zero-order valence-corrected chi connectivity index (χ0v) is 13.3. The highest BCUT2D eigenvalue weighted by atomic mass is 35.5. The summed E-state index contributed by atoms with van der Waals surface area (Å²) < 4.78 is 38.6. The SMILES string of the molecule is O=S1(=O)CCC(Cn2c(CCl)nc3cc(Cl)c(F)cc32)C1. The Labute approximate surface area is 131 Å². The summed E-state index contributed by atoms with van der Waals surface area (Å²) in [4.78, 5) is 4.34. The number of rotatable bonds is 3. The van der Waals surface area contributed by atoms with Gasteiger partial charge in [-0.05, 0) is 18.4 Å². The molecule has 1 aromatic heterocycles. The van der Waals surface area contributed by atoms with Gasteiger partial charge in [-0.15, -0.1) is 11.6 Å². The Morgan fingerprint density at radius 3 is 2.81 bits per heavy atom. The third-order valence-corrected chi connectivity index (χ3v) is 6.12. The zero-order chi connectivity index (χ0) is 15.2. The lowest BCUT2D eigenvalue weighted by atomic mass is 10.1. The van der Waals surface area contributed by atoms with Crippen molar-refractivity contribution in [3.63, 3.8) is 0 Å². The molecule has 0 N–H and O–H groups in total. The van der Waals surface area contributed by atoms with E-state index in [-0.39, 0.29) is 28.3 Å². The molecule has 1 saturated heterocycles. The number of benzene rings is 1. The molecular weight excluding hydrogens is 338 g/mol. The Bertz CT molecular complexity index is 804. The molecule has 21 heavy (non-hydrogen) atoms. The van der Waals surface area contributed by atoms with Gasteiger partial charge in [0.25, 0.3) is 0 Å². The molecule has 1 aromatic carbocycles. The van der Waals surface area contributed by atoms with Crippen LogP contribution in [-0.2, 0) is 22.3 Å². The first-order valence-electron chi connectivity index (χ1n) is 6.50. The van der Waals surface area contributed by atoms with Crippen molar-refractivity contribution in [1.82, 2.24) is 9.55 Å². The van der Waals surface area contributed by atoms with Gasteiger partial charge in [-0.1, -0.05) is 11.6 Å². The molecule has 4 nitrogen and oxygen atoms in total. The fraction of sp³-hybridized carbons (Fsp3) is 0.462. The third-order valence-electron chi connectivity index (χ3n) is 3.76. The van der Waals surface area contributed by atoms with Crippen LogP contribution >= 0.6 is 23.2 Å². The van der Waals surface area contributed by atoms with Gasteiger partial charge < -0.3 is 4.57 Å². The van der Waals surface area contributed by atoms with Crippen LogP contribution in [0.2, 0.25) is 5.02 Å². The molecule has 1 aliphatic rings. The van der Waals surface area contributed by atoms with Gasteiger partial charge in [0, 0.05) is 12.6 Å². The van der Waals surface area contributed by atoms with E-state index in [4.69, 9.17) is 23.2 Å². The van der Waals surface area contributed by atoms with Crippen LogP contribution in [0.3, 0.4) is 0 Å². The Morgan fingerprint density at radius 1 is 1.43 bits per heavy atom. The largest absolute Gasteiger partial charge is 0.327 e. The third kappa shape index (κ3) is 2.89. The highest BCUT2D eigenvalue weighted by Gasteiger charge is 2.29. The summed E-state index contributed by atoms with van der Waals surface area (Å²) in [5, 5.41) is 0.0108. The maximum atomic E-state index is 13.7. The minimum atomic E-state index is -2.95. The van der Waals surface area contributed by atoms with Gasteiger partial charge >= 0.3 is 0 Å². The van der Waals surface area contributed by atoms with Gasteiger partial charge in [0.1, 0.15) is 11.6 Å².